The fraction of sp³-hybridized carbons (Fsp3) is 0.625. The Morgan fingerprint density at radius 3 is 2.64 bits per heavy atom. The number of guanidine groups is 1. The Morgan fingerprint density at radius 2 is 2.05 bits per heavy atom. The smallest absolute Gasteiger partial charge is 0.191 e. The number of aromatic nitrogens is 1. The first-order valence-corrected chi connectivity index (χ1v) is 7.98. The molecule has 1 aliphatic heterocycles. The first-order chi connectivity index (χ1) is 10.3. The van der Waals surface area contributed by atoms with Crippen molar-refractivity contribution in [2.45, 2.75) is 39.2 Å². The Labute approximate surface area is 151 Å². The van der Waals surface area contributed by atoms with E-state index < -0.39 is 0 Å². The molecule has 1 aromatic heterocycles. The van der Waals surface area contributed by atoms with Gasteiger partial charge in [-0.3, -0.25) is 4.99 Å². The van der Waals surface area contributed by atoms with Crippen molar-refractivity contribution in [1.29, 1.82) is 0 Å². The Kier molecular flexibility index (Phi) is 9.19. The van der Waals surface area contributed by atoms with Crippen molar-refractivity contribution < 1.29 is 0 Å². The minimum atomic E-state index is 0. The molecule has 2 rings (SSSR count). The maximum absolute atomic E-state index is 4.57. The van der Waals surface area contributed by atoms with Crippen LogP contribution in [-0.4, -0.2) is 37.6 Å². The Hall–Kier alpha value is -1.05. The number of anilines is 1. The van der Waals surface area contributed by atoms with Gasteiger partial charge in [-0.1, -0.05) is 19.4 Å². The predicted molar refractivity (Wildman–Crippen MR) is 104 cm³/mol. The second kappa shape index (κ2) is 10.6. The van der Waals surface area contributed by atoms with E-state index in [1.807, 2.05) is 6.20 Å². The number of hydrogen-bond acceptors (Lipinski definition) is 3. The van der Waals surface area contributed by atoms with Gasteiger partial charge in [-0.2, -0.15) is 0 Å². The molecule has 0 aliphatic carbocycles. The highest BCUT2D eigenvalue weighted by Crippen LogP contribution is 2.17. The van der Waals surface area contributed by atoms with Gasteiger partial charge in [0.1, 0.15) is 5.82 Å². The van der Waals surface area contributed by atoms with Gasteiger partial charge in [0, 0.05) is 39.4 Å². The summed E-state index contributed by atoms with van der Waals surface area (Å²) >= 11 is 0. The number of nitrogens with one attached hydrogen (secondary N) is 2. The molecular weight excluding hydrogens is 389 g/mol. The molecule has 1 aromatic rings. The Morgan fingerprint density at radius 1 is 1.27 bits per heavy atom. The maximum atomic E-state index is 4.57. The van der Waals surface area contributed by atoms with Gasteiger partial charge in [-0.25, -0.2) is 4.98 Å². The second-order valence-corrected chi connectivity index (χ2v) is 5.42. The average molecular weight is 417 g/mol. The number of hydrogen-bond donors (Lipinski definition) is 2. The van der Waals surface area contributed by atoms with Crippen LogP contribution in [0.15, 0.2) is 23.3 Å². The molecule has 0 bridgehead atoms. The van der Waals surface area contributed by atoms with Crippen LogP contribution in [0.2, 0.25) is 0 Å². The summed E-state index contributed by atoms with van der Waals surface area (Å²) in [5.74, 6) is 1.95. The Balaban J connectivity index is 0.00000242. The van der Waals surface area contributed by atoms with Crippen LogP contribution in [0.3, 0.4) is 0 Å². The zero-order valence-corrected chi connectivity index (χ0v) is 16.0. The highest BCUT2D eigenvalue weighted by molar-refractivity contribution is 14.0. The minimum Gasteiger partial charge on any atom is -0.357 e. The van der Waals surface area contributed by atoms with Crippen LogP contribution in [0.1, 0.15) is 38.2 Å². The van der Waals surface area contributed by atoms with Gasteiger partial charge < -0.3 is 15.5 Å². The van der Waals surface area contributed by atoms with E-state index in [0.717, 1.165) is 44.4 Å². The summed E-state index contributed by atoms with van der Waals surface area (Å²) < 4.78 is 0. The quantitative estimate of drug-likeness (QED) is 0.324. The first-order valence-electron chi connectivity index (χ1n) is 7.98. The van der Waals surface area contributed by atoms with Crippen molar-refractivity contribution in [1.82, 2.24) is 15.6 Å². The number of halogens is 1. The third kappa shape index (κ3) is 5.98. The van der Waals surface area contributed by atoms with Crippen LogP contribution in [0, 0.1) is 0 Å². The van der Waals surface area contributed by atoms with Gasteiger partial charge in [0.15, 0.2) is 5.96 Å². The SMILES string of the molecule is CCCCNC(=NC)NCc1ccc(N2CCCC2)nc1.I. The Bertz CT molecular complexity index is 440. The molecule has 0 atom stereocenters. The van der Waals surface area contributed by atoms with Crippen LogP contribution in [-0.2, 0) is 6.54 Å². The van der Waals surface area contributed by atoms with Crippen molar-refractivity contribution in [3.8, 4) is 0 Å². The molecule has 124 valence electrons. The molecule has 0 unspecified atom stereocenters. The molecule has 1 fully saturated rings. The molecule has 0 saturated carbocycles. The van der Waals surface area contributed by atoms with Crippen molar-refractivity contribution in [3.63, 3.8) is 0 Å². The number of unbranched alkanes of at least 4 members (excludes halogenated alkanes) is 1. The molecule has 2 heterocycles. The number of rotatable bonds is 6. The molecule has 6 heteroatoms. The van der Waals surface area contributed by atoms with E-state index in [0.29, 0.717) is 0 Å². The summed E-state index contributed by atoms with van der Waals surface area (Å²) in [7, 11) is 1.80. The molecule has 0 spiro atoms. The molecule has 1 aliphatic rings. The largest absolute Gasteiger partial charge is 0.357 e. The zero-order chi connectivity index (χ0) is 14.9. The van der Waals surface area contributed by atoms with Gasteiger partial charge in [0.25, 0.3) is 0 Å². The summed E-state index contributed by atoms with van der Waals surface area (Å²) in [6.07, 6.45) is 6.87. The van der Waals surface area contributed by atoms with E-state index in [2.05, 4.69) is 44.6 Å². The highest BCUT2D eigenvalue weighted by atomic mass is 127. The van der Waals surface area contributed by atoms with E-state index in [1.165, 1.54) is 24.8 Å². The van der Waals surface area contributed by atoms with Crippen LogP contribution in [0.4, 0.5) is 5.82 Å². The summed E-state index contributed by atoms with van der Waals surface area (Å²) in [6, 6.07) is 4.27. The summed E-state index contributed by atoms with van der Waals surface area (Å²) in [5, 5.41) is 6.63. The minimum absolute atomic E-state index is 0. The average Bonchev–Trinajstić information content (AvgIpc) is 3.06. The molecule has 5 nitrogen and oxygen atoms in total. The fourth-order valence-corrected chi connectivity index (χ4v) is 2.44. The van der Waals surface area contributed by atoms with E-state index in [-0.39, 0.29) is 24.0 Å². The molecule has 0 amide bonds. The van der Waals surface area contributed by atoms with Crippen molar-refractivity contribution >= 4 is 35.8 Å². The van der Waals surface area contributed by atoms with Crippen LogP contribution < -0.4 is 15.5 Å². The van der Waals surface area contributed by atoms with Crippen molar-refractivity contribution in [3.05, 3.63) is 23.9 Å². The van der Waals surface area contributed by atoms with Crippen LogP contribution in [0.5, 0.6) is 0 Å². The summed E-state index contributed by atoms with van der Waals surface area (Å²) in [5.41, 5.74) is 1.18. The third-order valence-electron chi connectivity index (χ3n) is 3.75. The fourth-order valence-electron chi connectivity index (χ4n) is 2.44. The standard InChI is InChI=1S/C16H27N5.HI/c1-3-4-9-18-16(17-2)20-13-14-7-8-15(19-12-14)21-10-5-6-11-21;/h7-8,12H,3-6,9-11,13H2,1-2H3,(H2,17,18,20);1H. The zero-order valence-electron chi connectivity index (χ0n) is 13.6. The van der Waals surface area contributed by atoms with Gasteiger partial charge in [0.2, 0.25) is 0 Å². The number of pyridine rings is 1. The predicted octanol–water partition coefficient (Wildman–Crippen LogP) is 2.76. The number of nitrogens with zero attached hydrogens (tertiary/aromatic N) is 3. The van der Waals surface area contributed by atoms with Gasteiger partial charge in [0.05, 0.1) is 0 Å². The number of aliphatic imine (C=N–C) groups is 1. The molecule has 0 aromatic carbocycles. The van der Waals surface area contributed by atoms with E-state index in [1.54, 1.807) is 7.05 Å². The molecule has 2 N–H and O–H groups in total. The van der Waals surface area contributed by atoms with Crippen molar-refractivity contribution in [2.24, 2.45) is 4.99 Å². The topological polar surface area (TPSA) is 52.6 Å². The van der Waals surface area contributed by atoms with Crippen LogP contribution in [0.25, 0.3) is 0 Å². The molecular formula is C16H28IN5. The van der Waals surface area contributed by atoms with Gasteiger partial charge in [-0.15, -0.1) is 24.0 Å². The van der Waals surface area contributed by atoms with E-state index in [9.17, 15) is 0 Å². The lowest BCUT2D eigenvalue weighted by molar-refractivity contribution is 0.728. The summed E-state index contributed by atoms with van der Waals surface area (Å²) in [4.78, 5) is 11.1. The highest BCUT2D eigenvalue weighted by Gasteiger charge is 2.12. The third-order valence-corrected chi connectivity index (χ3v) is 3.75. The normalized spacial score (nSPS) is 14.6. The monoisotopic (exact) mass is 417 g/mol. The lowest BCUT2D eigenvalue weighted by atomic mass is 10.3. The van der Waals surface area contributed by atoms with E-state index in [4.69, 9.17) is 0 Å². The molecule has 22 heavy (non-hydrogen) atoms. The lowest BCUT2D eigenvalue weighted by Crippen LogP contribution is -2.37. The lowest BCUT2D eigenvalue weighted by Gasteiger charge is -2.16. The molecule has 0 radical (unpaired) electrons. The van der Waals surface area contributed by atoms with Crippen molar-refractivity contribution in [2.75, 3.05) is 31.6 Å². The van der Waals surface area contributed by atoms with Gasteiger partial charge >= 0.3 is 0 Å². The van der Waals surface area contributed by atoms with Gasteiger partial charge in [-0.05, 0) is 30.9 Å². The molecule has 1 saturated heterocycles. The first kappa shape index (κ1) is 19.0. The maximum Gasteiger partial charge on any atom is 0.191 e. The summed E-state index contributed by atoms with van der Waals surface area (Å²) in [6.45, 7) is 6.17. The second-order valence-electron chi connectivity index (χ2n) is 5.42. The van der Waals surface area contributed by atoms with E-state index >= 15 is 0 Å². The van der Waals surface area contributed by atoms with Crippen LogP contribution >= 0.6 is 24.0 Å².